The van der Waals surface area contributed by atoms with Crippen LogP contribution in [0.3, 0.4) is 0 Å². The smallest absolute Gasteiger partial charge is 0.351 e. The van der Waals surface area contributed by atoms with E-state index in [-0.39, 0.29) is 18.6 Å². The van der Waals surface area contributed by atoms with Gasteiger partial charge >= 0.3 is 5.97 Å². The van der Waals surface area contributed by atoms with Crippen molar-refractivity contribution in [2.75, 3.05) is 0 Å². The minimum atomic E-state index is -2.05. The van der Waals surface area contributed by atoms with Gasteiger partial charge < -0.3 is 5.11 Å². The molecule has 1 atom stereocenters. The lowest BCUT2D eigenvalue weighted by Crippen LogP contribution is -2.25. The van der Waals surface area contributed by atoms with E-state index in [1.165, 1.54) is 0 Å². The zero-order valence-corrected chi connectivity index (χ0v) is 12.7. The van der Waals surface area contributed by atoms with Gasteiger partial charge in [0.1, 0.15) is 5.71 Å². The molecular formula is C12H20N2O4S. The van der Waals surface area contributed by atoms with Gasteiger partial charge in [-0.2, -0.15) is 9.66 Å². The average Bonchev–Trinajstić information content (AvgIpc) is 2.12. The Labute approximate surface area is 116 Å². The number of hydrogen-bond donors (Lipinski definition) is 1. The molecule has 0 bridgehead atoms. The topological polar surface area (TPSA) is 99.8 Å². The molecule has 108 valence electrons. The normalized spacial score (nSPS) is 14.8. The Morgan fingerprint density at radius 1 is 1.37 bits per heavy atom. The molecule has 7 heteroatoms. The van der Waals surface area contributed by atoms with Gasteiger partial charge in [0.25, 0.3) is 11.3 Å². The summed E-state index contributed by atoms with van der Waals surface area (Å²) >= 11 is -2.05. The van der Waals surface area contributed by atoms with E-state index in [2.05, 4.69) is 4.40 Å². The Bertz CT molecular complexity index is 430. The molecule has 0 spiro atoms. The molecule has 0 amide bonds. The van der Waals surface area contributed by atoms with Gasteiger partial charge in [-0.3, -0.25) is 4.18 Å². The number of carboxylic acids is 1. The second-order valence-electron chi connectivity index (χ2n) is 5.93. The predicted octanol–water partition coefficient (Wildman–Crippen LogP) is 2.24. The number of nitriles is 1. The van der Waals surface area contributed by atoms with Crippen LogP contribution in [0.15, 0.2) is 4.40 Å². The van der Waals surface area contributed by atoms with Crippen LogP contribution in [0.5, 0.6) is 0 Å². The van der Waals surface area contributed by atoms with E-state index in [1.807, 2.05) is 6.07 Å². The summed E-state index contributed by atoms with van der Waals surface area (Å²) in [6.07, 6.45) is 0.237. The molecule has 0 heterocycles. The van der Waals surface area contributed by atoms with E-state index >= 15 is 0 Å². The van der Waals surface area contributed by atoms with Crippen LogP contribution in [0.2, 0.25) is 0 Å². The average molecular weight is 288 g/mol. The van der Waals surface area contributed by atoms with Crippen molar-refractivity contribution in [2.45, 2.75) is 53.1 Å². The number of hydrogen-bond acceptors (Lipinski definition) is 4. The lowest BCUT2D eigenvalue weighted by atomic mass is 9.84. The Balaban J connectivity index is 4.99. The van der Waals surface area contributed by atoms with E-state index < -0.39 is 28.3 Å². The Hall–Kier alpha value is -1.26. The number of rotatable bonds is 6. The van der Waals surface area contributed by atoms with Crippen LogP contribution in [0.4, 0.5) is 0 Å². The van der Waals surface area contributed by atoms with Gasteiger partial charge in [0, 0.05) is 12.8 Å². The standard InChI is InChI=1S/C12H20N2O4S/c1-11(2,3)18-19(17)14-9(10(15)16)8-12(4,5)6-7-13/h6,8H2,1-5H3,(H,15,16)/t19-/m0/s1. The van der Waals surface area contributed by atoms with Crippen molar-refractivity contribution < 1.29 is 18.3 Å². The molecule has 0 aliphatic heterocycles. The molecule has 0 aliphatic carbocycles. The largest absolute Gasteiger partial charge is 0.477 e. The van der Waals surface area contributed by atoms with Crippen molar-refractivity contribution in [3.8, 4) is 6.07 Å². The van der Waals surface area contributed by atoms with Crippen molar-refractivity contribution in [1.29, 1.82) is 5.26 Å². The Kier molecular flexibility index (Phi) is 6.33. The summed E-state index contributed by atoms with van der Waals surface area (Å²) in [5, 5.41) is 17.7. The van der Waals surface area contributed by atoms with Crippen LogP contribution in [0.1, 0.15) is 47.5 Å². The van der Waals surface area contributed by atoms with E-state index in [1.54, 1.807) is 34.6 Å². The molecule has 0 aromatic heterocycles. The summed E-state index contributed by atoms with van der Waals surface area (Å²) in [4.78, 5) is 11.1. The fourth-order valence-corrected chi connectivity index (χ4v) is 1.99. The number of carboxylic acid groups (broad SMARTS) is 1. The van der Waals surface area contributed by atoms with Crippen molar-refractivity contribution >= 4 is 22.9 Å². The van der Waals surface area contributed by atoms with Crippen LogP contribution in [0, 0.1) is 16.7 Å². The van der Waals surface area contributed by atoms with Gasteiger partial charge in [0.05, 0.1) is 11.7 Å². The molecule has 0 aliphatic rings. The van der Waals surface area contributed by atoms with Gasteiger partial charge in [-0.25, -0.2) is 9.00 Å². The highest BCUT2D eigenvalue weighted by Crippen LogP contribution is 2.25. The minimum Gasteiger partial charge on any atom is -0.477 e. The Morgan fingerprint density at radius 2 is 1.89 bits per heavy atom. The Morgan fingerprint density at radius 3 is 2.26 bits per heavy atom. The first-order chi connectivity index (χ1) is 8.47. The van der Waals surface area contributed by atoms with Crippen molar-refractivity contribution in [1.82, 2.24) is 0 Å². The molecule has 0 saturated heterocycles. The molecule has 0 saturated carbocycles. The monoisotopic (exact) mass is 288 g/mol. The number of nitrogens with zero attached hydrogens (tertiary/aromatic N) is 2. The maximum atomic E-state index is 11.6. The SMILES string of the molecule is CC(C)(CC#N)CC(=N[S@@](=O)OC(C)(C)C)C(=O)O. The molecule has 0 aromatic carbocycles. The lowest BCUT2D eigenvalue weighted by molar-refractivity contribution is -0.129. The third-order valence-electron chi connectivity index (χ3n) is 1.96. The molecule has 0 radical (unpaired) electrons. The van der Waals surface area contributed by atoms with Crippen LogP contribution in [-0.2, 0) is 20.2 Å². The minimum absolute atomic E-state index is 0.0507. The summed E-state index contributed by atoms with van der Waals surface area (Å²) < 4.78 is 20.2. The summed E-state index contributed by atoms with van der Waals surface area (Å²) in [6, 6.07) is 1.99. The first-order valence-corrected chi connectivity index (χ1v) is 6.79. The molecule has 0 aromatic rings. The van der Waals surface area contributed by atoms with Crippen molar-refractivity contribution in [3.05, 3.63) is 0 Å². The quantitative estimate of drug-likeness (QED) is 0.755. The highest BCUT2D eigenvalue weighted by atomic mass is 32.2. The zero-order chi connectivity index (χ0) is 15.3. The first kappa shape index (κ1) is 17.7. The maximum Gasteiger partial charge on any atom is 0.351 e. The number of aliphatic carboxylic acids is 1. The molecule has 19 heavy (non-hydrogen) atoms. The molecule has 0 fully saturated rings. The summed E-state index contributed by atoms with van der Waals surface area (Å²) in [6.45, 7) is 8.59. The molecule has 0 unspecified atom stereocenters. The molecular weight excluding hydrogens is 268 g/mol. The van der Waals surface area contributed by atoms with E-state index in [9.17, 15) is 9.00 Å². The van der Waals surface area contributed by atoms with Crippen molar-refractivity contribution in [3.63, 3.8) is 0 Å². The van der Waals surface area contributed by atoms with E-state index in [0.717, 1.165) is 0 Å². The lowest BCUT2D eigenvalue weighted by Gasteiger charge is -2.20. The second kappa shape index (κ2) is 6.78. The molecule has 6 nitrogen and oxygen atoms in total. The van der Waals surface area contributed by atoms with Gasteiger partial charge in [0.15, 0.2) is 0 Å². The van der Waals surface area contributed by atoms with Crippen LogP contribution >= 0.6 is 0 Å². The highest BCUT2D eigenvalue weighted by molar-refractivity contribution is 7.79. The second-order valence-corrected chi connectivity index (χ2v) is 6.72. The van der Waals surface area contributed by atoms with Gasteiger partial charge in [-0.15, -0.1) is 0 Å². The third-order valence-corrected chi connectivity index (χ3v) is 2.97. The number of carbonyl (C=O) groups is 1. The van der Waals surface area contributed by atoms with E-state index in [0.29, 0.717) is 0 Å². The summed E-state index contributed by atoms with van der Waals surface area (Å²) in [5.74, 6) is -1.25. The van der Waals surface area contributed by atoms with Crippen molar-refractivity contribution in [2.24, 2.45) is 9.81 Å². The predicted molar refractivity (Wildman–Crippen MR) is 72.7 cm³/mol. The van der Waals surface area contributed by atoms with Gasteiger partial charge in [-0.1, -0.05) is 13.8 Å². The fraction of sp³-hybridized carbons (Fsp3) is 0.750. The summed E-state index contributed by atoms with van der Waals surface area (Å²) in [7, 11) is 0. The summed E-state index contributed by atoms with van der Waals surface area (Å²) in [5.41, 5.74) is -1.47. The van der Waals surface area contributed by atoms with Crippen LogP contribution < -0.4 is 0 Å². The highest BCUT2D eigenvalue weighted by Gasteiger charge is 2.25. The molecule has 0 rings (SSSR count). The van der Waals surface area contributed by atoms with Crippen LogP contribution in [-0.4, -0.2) is 26.6 Å². The van der Waals surface area contributed by atoms with Crippen LogP contribution in [0.25, 0.3) is 0 Å². The van der Waals surface area contributed by atoms with Gasteiger partial charge in [-0.05, 0) is 26.2 Å². The van der Waals surface area contributed by atoms with E-state index in [4.69, 9.17) is 14.6 Å². The maximum absolute atomic E-state index is 11.6. The fourth-order valence-electron chi connectivity index (χ4n) is 1.20. The molecule has 1 N–H and O–H groups in total. The zero-order valence-electron chi connectivity index (χ0n) is 11.9. The van der Waals surface area contributed by atoms with Gasteiger partial charge in [0.2, 0.25) is 0 Å². The third kappa shape index (κ3) is 8.46. The first-order valence-electron chi connectivity index (χ1n) is 5.76.